The fraction of sp³-hybridized carbons (Fsp3) is 0.440. The van der Waals surface area contributed by atoms with Crippen molar-refractivity contribution in [2.45, 2.75) is 51.4 Å². The summed E-state index contributed by atoms with van der Waals surface area (Å²) in [5.41, 5.74) is 2.94. The van der Waals surface area contributed by atoms with Crippen molar-refractivity contribution in [3.63, 3.8) is 0 Å². The second kappa shape index (κ2) is 11.5. The van der Waals surface area contributed by atoms with Crippen LogP contribution in [0.15, 0.2) is 54.7 Å². The van der Waals surface area contributed by atoms with Gasteiger partial charge in [-0.25, -0.2) is 4.68 Å². The van der Waals surface area contributed by atoms with Crippen LogP contribution in [-0.2, 0) is 18.4 Å². The number of alkyl halides is 1. The molecule has 0 amide bonds. The van der Waals surface area contributed by atoms with Gasteiger partial charge in [0.15, 0.2) is 0 Å². The molecule has 0 saturated heterocycles. The van der Waals surface area contributed by atoms with E-state index in [9.17, 15) is 10.2 Å². The van der Waals surface area contributed by atoms with E-state index in [0.29, 0.717) is 18.0 Å². The van der Waals surface area contributed by atoms with Gasteiger partial charge in [-0.1, -0.05) is 50.3 Å². The van der Waals surface area contributed by atoms with Crippen LogP contribution in [0.25, 0.3) is 0 Å². The number of aromatic nitrogens is 3. The number of ether oxygens (including phenoxy) is 2. The van der Waals surface area contributed by atoms with Crippen LogP contribution in [0.5, 0.6) is 11.5 Å². The predicted molar refractivity (Wildman–Crippen MR) is 128 cm³/mol. The number of aliphatic hydroxyl groups excluding tert-OH is 2. The van der Waals surface area contributed by atoms with Crippen molar-refractivity contribution >= 4 is 11.6 Å². The number of benzene rings is 2. The summed E-state index contributed by atoms with van der Waals surface area (Å²) in [6.07, 6.45) is 1.29. The molecule has 0 saturated carbocycles. The topological polar surface area (TPSA) is 89.6 Å². The third kappa shape index (κ3) is 6.93. The van der Waals surface area contributed by atoms with Crippen LogP contribution >= 0.6 is 11.6 Å². The second-order valence-corrected chi connectivity index (χ2v) is 8.85. The highest BCUT2D eigenvalue weighted by Gasteiger charge is 2.23. The molecule has 2 atom stereocenters. The number of hydrogen-bond donors (Lipinski definition) is 2. The van der Waals surface area contributed by atoms with E-state index >= 15 is 0 Å². The number of aryl methyl sites for hydroxylation is 1. The summed E-state index contributed by atoms with van der Waals surface area (Å²) in [6, 6.07) is 15.8. The lowest BCUT2D eigenvalue weighted by Gasteiger charge is -2.26. The molecule has 178 valence electrons. The summed E-state index contributed by atoms with van der Waals surface area (Å²) in [5, 5.41) is 27.8. The molecule has 0 spiro atoms. The lowest BCUT2D eigenvalue weighted by molar-refractivity contribution is 0.0888. The molecule has 3 rings (SSSR count). The van der Waals surface area contributed by atoms with Crippen LogP contribution in [-0.4, -0.2) is 56.5 Å². The molecule has 0 aliphatic rings. The van der Waals surface area contributed by atoms with Gasteiger partial charge in [0.1, 0.15) is 36.9 Å². The molecule has 1 aromatic heterocycles. The lowest BCUT2D eigenvalue weighted by Crippen LogP contribution is -2.24. The maximum Gasteiger partial charge on any atom is 0.119 e. The van der Waals surface area contributed by atoms with E-state index in [2.05, 4.69) is 24.2 Å². The number of aliphatic hydroxyl groups is 2. The van der Waals surface area contributed by atoms with Gasteiger partial charge in [0.2, 0.25) is 0 Å². The number of nitrogens with zero attached hydrogens (tertiary/aromatic N) is 3. The maximum absolute atomic E-state index is 10.2. The highest BCUT2D eigenvalue weighted by atomic mass is 35.5. The SMILES string of the molecule is CCc1cn(C[C@H](O)COc2ccc(C(C)(C)c3ccc(OC[C@@H](O)CCl)cc3)cc2)nn1. The van der Waals surface area contributed by atoms with Crippen LogP contribution in [0.4, 0.5) is 0 Å². The van der Waals surface area contributed by atoms with E-state index in [4.69, 9.17) is 21.1 Å². The summed E-state index contributed by atoms with van der Waals surface area (Å²) in [4.78, 5) is 0. The molecule has 0 fully saturated rings. The molecule has 3 aromatic rings. The van der Waals surface area contributed by atoms with Crippen LogP contribution in [0, 0.1) is 0 Å². The van der Waals surface area contributed by atoms with E-state index in [-0.39, 0.29) is 24.5 Å². The minimum atomic E-state index is -0.682. The quantitative estimate of drug-likeness (QED) is 0.391. The Morgan fingerprint density at radius 1 is 0.909 bits per heavy atom. The summed E-state index contributed by atoms with van der Waals surface area (Å²) in [7, 11) is 0. The van der Waals surface area contributed by atoms with E-state index in [1.807, 2.05) is 61.7 Å². The van der Waals surface area contributed by atoms with Crippen molar-refractivity contribution in [1.82, 2.24) is 15.0 Å². The van der Waals surface area contributed by atoms with Gasteiger partial charge < -0.3 is 19.7 Å². The molecular weight excluding hydrogens is 442 g/mol. The molecule has 33 heavy (non-hydrogen) atoms. The van der Waals surface area contributed by atoms with Crippen LogP contribution in [0.2, 0.25) is 0 Å². The Balaban J connectivity index is 1.55. The first-order chi connectivity index (χ1) is 15.8. The highest BCUT2D eigenvalue weighted by Crippen LogP contribution is 2.33. The molecule has 0 radical (unpaired) electrons. The average Bonchev–Trinajstić information content (AvgIpc) is 3.29. The lowest BCUT2D eigenvalue weighted by atomic mass is 9.78. The molecule has 0 aliphatic carbocycles. The zero-order valence-electron chi connectivity index (χ0n) is 19.3. The monoisotopic (exact) mass is 473 g/mol. The van der Waals surface area contributed by atoms with Gasteiger partial charge in [0.05, 0.1) is 18.1 Å². The zero-order valence-corrected chi connectivity index (χ0v) is 20.1. The summed E-state index contributed by atoms with van der Waals surface area (Å²) in [5.74, 6) is 1.53. The van der Waals surface area contributed by atoms with Gasteiger partial charge >= 0.3 is 0 Å². The van der Waals surface area contributed by atoms with Crippen molar-refractivity contribution in [2.24, 2.45) is 0 Å². The summed E-state index contributed by atoms with van der Waals surface area (Å²) in [6.45, 7) is 7.00. The Morgan fingerprint density at radius 2 is 1.42 bits per heavy atom. The van der Waals surface area contributed by atoms with Gasteiger partial charge in [-0.15, -0.1) is 16.7 Å². The number of hydrogen-bond acceptors (Lipinski definition) is 6. The second-order valence-electron chi connectivity index (χ2n) is 8.54. The molecule has 0 aliphatic heterocycles. The van der Waals surface area contributed by atoms with Gasteiger partial charge in [-0.3, -0.25) is 0 Å². The first-order valence-corrected chi connectivity index (χ1v) is 11.6. The van der Waals surface area contributed by atoms with Gasteiger partial charge in [0.25, 0.3) is 0 Å². The summed E-state index contributed by atoms with van der Waals surface area (Å²) >= 11 is 5.60. The molecular formula is C25H32ClN3O4. The first kappa shape index (κ1) is 25.0. The standard InChI is InChI=1S/C25H32ClN3O4/c1-4-20-14-29(28-27-20)15-22(31)17-33-24-11-7-19(8-12-24)25(2,3)18-5-9-23(10-6-18)32-16-21(30)13-26/h5-12,14,21-22,30-31H,4,13,15-17H2,1-3H3/t21-,22-/m0/s1. The number of halogens is 1. The Labute approximate surface area is 199 Å². The average molecular weight is 474 g/mol. The molecule has 0 unspecified atom stereocenters. The summed E-state index contributed by atoms with van der Waals surface area (Å²) < 4.78 is 13.0. The molecule has 2 N–H and O–H groups in total. The van der Waals surface area contributed by atoms with Crippen LogP contribution in [0.3, 0.4) is 0 Å². The fourth-order valence-corrected chi connectivity index (χ4v) is 3.48. The first-order valence-electron chi connectivity index (χ1n) is 11.1. The van der Waals surface area contributed by atoms with E-state index in [0.717, 1.165) is 23.2 Å². The molecule has 1 heterocycles. The fourth-order valence-electron chi connectivity index (χ4n) is 3.39. The maximum atomic E-state index is 10.2. The predicted octanol–water partition coefficient (Wildman–Crippen LogP) is 3.58. The van der Waals surface area contributed by atoms with Crippen LogP contribution in [0.1, 0.15) is 37.6 Å². The van der Waals surface area contributed by atoms with E-state index < -0.39 is 12.2 Å². The molecule has 2 aromatic carbocycles. The van der Waals surface area contributed by atoms with Crippen molar-refractivity contribution in [2.75, 3.05) is 19.1 Å². The van der Waals surface area contributed by atoms with Gasteiger partial charge in [0, 0.05) is 11.6 Å². The molecule has 8 heteroatoms. The Hall–Kier alpha value is -2.61. The van der Waals surface area contributed by atoms with Crippen molar-refractivity contribution < 1.29 is 19.7 Å². The third-order valence-corrected chi connectivity index (χ3v) is 5.92. The van der Waals surface area contributed by atoms with E-state index in [1.165, 1.54) is 0 Å². The molecule has 7 nitrogen and oxygen atoms in total. The van der Waals surface area contributed by atoms with Crippen molar-refractivity contribution in [1.29, 1.82) is 0 Å². The Bertz CT molecular complexity index is 990. The Kier molecular flexibility index (Phi) is 8.72. The van der Waals surface area contributed by atoms with Gasteiger partial charge in [-0.05, 0) is 41.8 Å². The van der Waals surface area contributed by atoms with Crippen molar-refractivity contribution in [3.8, 4) is 11.5 Å². The Morgan fingerprint density at radius 3 is 1.88 bits per heavy atom. The van der Waals surface area contributed by atoms with Crippen molar-refractivity contribution in [3.05, 3.63) is 71.5 Å². The molecule has 0 bridgehead atoms. The largest absolute Gasteiger partial charge is 0.491 e. The van der Waals surface area contributed by atoms with Crippen LogP contribution < -0.4 is 9.47 Å². The van der Waals surface area contributed by atoms with Gasteiger partial charge in [-0.2, -0.15) is 0 Å². The smallest absolute Gasteiger partial charge is 0.119 e. The minimum Gasteiger partial charge on any atom is -0.491 e. The third-order valence-electron chi connectivity index (χ3n) is 5.56. The minimum absolute atomic E-state index is 0.144. The number of rotatable bonds is 12. The van der Waals surface area contributed by atoms with E-state index in [1.54, 1.807) is 4.68 Å². The normalized spacial score (nSPS) is 13.5. The highest BCUT2D eigenvalue weighted by molar-refractivity contribution is 6.18. The zero-order chi connectivity index (χ0) is 23.8.